The summed E-state index contributed by atoms with van der Waals surface area (Å²) >= 11 is 0. The number of primary amides is 1. The molecule has 0 aliphatic carbocycles. The quantitative estimate of drug-likeness (QED) is 0.753. The van der Waals surface area contributed by atoms with Gasteiger partial charge in [0.15, 0.2) is 0 Å². The molecule has 5 nitrogen and oxygen atoms in total. The van der Waals surface area contributed by atoms with Crippen LogP contribution < -0.4 is 16.8 Å². The molecule has 0 saturated carbocycles. The molecule has 0 saturated heterocycles. The second kappa shape index (κ2) is 5.62. The first-order valence-electron chi connectivity index (χ1n) is 6.15. The van der Waals surface area contributed by atoms with E-state index in [0.29, 0.717) is 11.3 Å². The Balaban J connectivity index is 2.25. The molecule has 6 heteroatoms. The Hall–Kier alpha value is -2.89. The summed E-state index contributed by atoms with van der Waals surface area (Å²) in [6, 6.07) is 8.50. The molecule has 0 spiro atoms. The van der Waals surface area contributed by atoms with Gasteiger partial charge in [0, 0.05) is 16.9 Å². The standard InChI is InChI=1S/C15H14FN3O2/c1-8-2-3-9(6-13(8)17)15(21)19-10-4-5-12(16)11(7-10)14(18)20/h2-7H,17H2,1H3,(H2,18,20)(H,19,21). The van der Waals surface area contributed by atoms with E-state index in [1.54, 1.807) is 18.2 Å². The van der Waals surface area contributed by atoms with Crippen LogP contribution in [-0.2, 0) is 0 Å². The summed E-state index contributed by atoms with van der Waals surface area (Å²) in [5.74, 6) is -2.05. The molecule has 0 radical (unpaired) electrons. The molecule has 0 aliphatic rings. The van der Waals surface area contributed by atoms with Gasteiger partial charge in [-0.05, 0) is 42.8 Å². The number of aryl methyl sites for hydroxylation is 1. The van der Waals surface area contributed by atoms with Crippen LogP contribution in [0.25, 0.3) is 0 Å². The number of nitrogens with two attached hydrogens (primary N) is 2. The minimum absolute atomic E-state index is 0.273. The van der Waals surface area contributed by atoms with E-state index in [0.717, 1.165) is 11.6 Å². The molecule has 0 aromatic heterocycles. The Kier molecular flexibility index (Phi) is 3.89. The zero-order valence-electron chi connectivity index (χ0n) is 11.3. The van der Waals surface area contributed by atoms with Crippen LogP contribution in [0.15, 0.2) is 36.4 Å². The third kappa shape index (κ3) is 3.17. The molecule has 0 heterocycles. The Labute approximate surface area is 120 Å². The van der Waals surface area contributed by atoms with Crippen molar-refractivity contribution in [2.24, 2.45) is 5.73 Å². The molecule has 0 aliphatic heterocycles. The second-order valence-corrected chi connectivity index (χ2v) is 4.58. The number of benzene rings is 2. The number of amides is 2. The molecule has 21 heavy (non-hydrogen) atoms. The van der Waals surface area contributed by atoms with Crippen molar-refractivity contribution < 1.29 is 14.0 Å². The third-order valence-electron chi connectivity index (χ3n) is 3.03. The maximum Gasteiger partial charge on any atom is 0.255 e. The predicted molar refractivity (Wildman–Crippen MR) is 78.5 cm³/mol. The van der Waals surface area contributed by atoms with Gasteiger partial charge in [0.1, 0.15) is 5.82 Å². The van der Waals surface area contributed by atoms with E-state index in [1.807, 2.05) is 6.92 Å². The highest BCUT2D eigenvalue weighted by atomic mass is 19.1. The van der Waals surface area contributed by atoms with Gasteiger partial charge in [-0.25, -0.2) is 4.39 Å². The molecule has 5 N–H and O–H groups in total. The smallest absolute Gasteiger partial charge is 0.255 e. The second-order valence-electron chi connectivity index (χ2n) is 4.58. The van der Waals surface area contributed by atoms with Gasteiger partial charge in [0.2, 0.25) is 0 Å². The van der Waals surface area contributed by atoms with Gasteiger partial charge in [-0.15, -0.1) is 0 Å². The van der Waals surface area contributed by atoms with E-state index < -0.39 is 17.6 Å². The summed E-state index contributed by atoms with van der Waals surface area (Å²) in [4.78, 5) is 23.1. The van der Waals surface area contributed by atoms with Crippen LogP contribution in [-0.4, -0.2) is 11.8 Å². The lowest BCUT2D eigenvalue weighted by molar-refractivity contribution is 0.0992. The summed E-state index contributed by atoms with van der Waals surface area (Å²) in [6.45, 7) is 1.83. The highest BCUT2D eigenvalue weighted by Gasteiger charge is 2.12. The maximum atomic E-state index is 13.3. The van der Waals surface area contributed by atoms with Crippen LogP contribution in [0.5, 0.6) is 0 Å². The Bertz CT molecular complexity index is 729. The number of carbonyl (C=O) groups excluding carboxylic acids is 2. The summed E-state index contributed by atoms with van der Waals surface area (Å²) in [5.41, 5.74) is 12.5. The summed E-state index contributed by atoms with van der Waals surface area (Å²) in [6.07, 6.45) is 0. The molecule has 2 aromatic carbocycles. The van der Waals surface area contributed by atoms with E-state index in [1.165, 1.54) is 12.1 Å². The van der Waals surface area contributed by atoms with Crippen molar-refractivity contribution in [2.75, 3.05) is 11.1 Å². The van der Waals surface area contributed by atoms with Crippen LogP contribution in [0.2, 0.25) is 0 Å². The fourth-order valence-corrected chi connectivity index (χ4v) is 1.78. The number of hydrogen-bond donors (Lipinski definition) is 3. The minimum Gasteiger partial charge on any atom is -0.398 e. The van der Waals surface area contributed by atoms with Crippen molar-refractivity contribution in [1.29, 1.82) is 0 Å². The highest BCUT2D eigenvalue weighted by Crippen LogP contribution is 2.17. The van der Waals surface area contributed by atoms with Crippen LogP contribution in [0, 0.1) is 12.7 Å². The molecule has 108 valence electrons. The van der Waals surface area contributed by atoms with E-state index in [4.69, 9.17) is 11.5 Å². The van der Waals surface area contributed by atoms with Crippen LogP contribution in [0.4, 0.5) is 15.8 Å². The van der Waals surface area contributed by atoms with Gasteiger partial charge in [0.05, 0.1) is 5.56 Å². The molecule has 0 atom stereocenters. The normalized spacial score (nSPS) is 10.2. The molecule has 0 unspecified atom stereocenters. The lowest BCUT2D eigenvalue weighted by Crippen LogP contribution is -2.16. The Morgan fingerprint density at radius 2 is 1.86 bits per heavy atom. The van der Waals surface area contributed by atoms with Gasteiger partial charge in [-0.2, -0.15) is 0 Å². The van der Waals surface area contributed by atoms with E-state index in [9.17, 15) is 14.0 Å². The minimum atomic E-state index is -0.900. The Morgan fingerprint density at radius 3 is 2.48 bits per heavy atom. The number of nitrogen functional groups attached to an aromatic ring is 1. The monoisotopic (exact) mass is 287 g/mol. The van der Waals surface area contributed by atoms with Gasteiger partial charge in [0.25, 0.3) is 11.8 Å². The van der Waals surface area contributed by atoms with Gasteiger partial charge in [-0.1, -0.05) is 6.07 Å². The van der Waals surface area contributed by atoms with Crippen molar-refractivity contribution >= 4 is 23.2 Å². The first kappa shape index (κ1) is 14.5. The fraction of sp³-hybridized carbons (Fsp3) is 0.0667. The number of nitrogens with one attached hydrogen (secondary N) is 1. The van der Waals surface area contributed by atoms with Gasteiger partial charge in [-0.3, -0.25) is 9.59 Å². The first-order chi connectivity index (χ1) is 9.88. The molecule has 2 aromatic rings. The average molecular weight is 287 g/mol. The number of hydrogen-bond acceptors (Lipinski definition) is 3. The van der Waals surface area contributed by atoms with Crippen molar-refractivity contribution in [2.45, 2.75) is 6.92 Å². The maximum absolute atomic E-state index is 13.3. The number of anilines is 2. The van der Waals surface area contributed by atoms with E-state index in [-0.39, 0.29) is 11.3 Å². The lowest BCUT2D eigenvalue weighted by Gasteiger charge is -2.08. The summed E-state index contributed by atoms with van der Waals surface area (Å²) < 4.78 is 13.3. The van der Waals surface area contributed by atoms with Crippen molar-refractivity contribution in [1.82, 2.24) is 0 Å². The number of halogens is 1. The van der Waals surface area contributed by atoms with Crippen LogP contribution >= 0.6 is 0 Å². The molecule has 2 rings (SSSR count). The van der Waals surface area contributed by atoms with Crippen molar-refractivity contribution in [3.63, 3.8) is 0 Å². The predicted octanol–water partition coefficient (Wildman–Crippen LogP) is 2.07. The molecular formula is C15H14FN3O2. The van der Waals surface area contributed by atoms with Crippen molar-refractivity contribution in [3.05, 3.63) is 58.9 Å². The fourth-order valence-electron chi connectivity index (χ4n) is 1.78. The SMILES string of the molecule is Cc1ccc(C(=O)Nc2ccc(F)c(C(N)=O)c2)cc1N. The van der Waals surface area contributed by atoms with E-state index >= 15 is 0 Å². The molecule has 0 fully saturated rings. The van der Waals surface area contributed by atoms with Crippen LogP contribution in [0.1, 0.15) is 26.3 Å². The average Bonchev–Trinajstić information content (AvgIpc) is 2.43. The molecule has 2 amide bonds. The zero-order chi connectivity index (χ0) is 15.6. The third-order valence-corrected chi connectivity index (χ3v) is 3.03. The summed E-state index contributed by atoms with van der Waals surface area (Å²) in [5, 5.41) is 2.56. The first-order valence-corrected chi connectivity index (χ1v) is 6.15. The number of carbonyl (C=O) groups is 2. The van der Waals surface area contributed by atoms with Crippen molar-refractivity contribution in [3.8, 4) is 0 Å². The lowest BCUT2D eigenvalue weighted by atomic mass is 10.1. The summed E-state index contributed by atoms with van der Waals surface area (Å²) in [7, 11) is 0. The van der Waals surface area contributed by atoms with E-state index in [2.05, 4.69) is 5.32 Å². The topological polar surface area (TPSA) is 98.2 Å². The highest BCUT2D eigenvalue weighted by molar-refractivity contribution is 6.05. The largest absolute Gasteiger partial charge is 0.398 e. The zero-order valence-corrected chi connectivity index (χ0v) is 11.3. The van der Waals surface area contributed by atoms with Gasteiger partial charge < -0.3 is 16.8 Å². The molecular weight excluding hydrogens is 273 g/mol. The Morgan fingerprint density at radius 1 is 1.14 bits per heavy atom. The van der Waals surface area contributed by atoms with Gasteiger partial charge >= 0.3 is 0 Å². The number of rotatable bonds is 3. The molecule has 0 bridgehead atoms. The van der Waals surface area contributed by atoms with Crippen LogP contribution in [0.3, 0.4) is 0 Å².